The summed E-state index contributed by atoms with van der Waals surface area (Å²) >= 11 is 0. The summed E-state index contributed by atoms with van der Waals surface area (Å²) in [6.45, 7) is 2.48. The summed E-state index contributed by atoms with van der Waals surface area (Å²) in [5.41, 5.74) is 0. The second-order valence-electron chi connectivity index (χ2n) is 6.13. The van der Waals surface area contributed by atoms with Crippen LogP contribution in [0.4, 0.5) is 0 Å². The molecule has 0 aromatic carbocycles. The van der Waals surface area contributed by atoms with Crippen molar-refractivity contribution < 1.29 is 41.0 Å². The number of carboxylic acid groups (broad SMARTS) is 2. The third-order valence-corrected chi connectivity index (χ3v) is 4.19. The van der Waals surface area contributed by atoms with Gasteiger partial charge in [-0.3, -0.25) is 9.59 Å². The lowest BCUT2D eigenvalue weighted by atomic mass is 9.95. The van der Waals surface area contributed by atoms with Crippen LogP contribution in [-0.4, -0.2) is 106 Å². The van der Waals surface area contributed by atoms with Crippen LogP contribution in [0, 0.1) is 11.8 Å². The van der Waals surface area contributed by atoms with Crippen LogP contribution in [0.2, 0.25) is 0 Å². The summed E-state index contributed by atoms with van der Waals surface area (Å²) in [7, 11) is 3.73. The molecule has 2 rings (SSSR count). The summed E-state index contributed by atoms with van der Waals surface area (Å²) < 4.78 is 0. The topological polar surface area (TPSA) is 185 Å². The van der Waals surface area contributed by atoms with Gasteiger partial charge in [0, 0.05) is 26.2 Å². The van der Waals surface area contributed by atoms with E-state index in [1.165, 1.54) is 0 Å². The minimum atomic E-state index is -0.899. The Labute approximate surface area is 140 Å². The second-order valence-corrected chi connectivity index (χ2v) is 6.13. The van der Waals surface area contributed by atoms with Gasteiger partial charge < -0.3 is 41.2 Å². The Hall–Kier alpha value is -1.30. The number of carbonyl (C=O) groups is 2. The van der Waals surface area contributed by atoms with Crippen LogP contribution in [-0.2, 0) is 9.59 Å². The lowest BCUT2D eigenvalue weighted by Gasteiger charge is -2.31. The molecule has 2 aliphatic rings. The molecule has 0 saturated carbocycles. The van der Waals surface area contributed by atoms with Crippen LogP contribution in [0.5, 0.6) is 0 Å². The van der Waals surface area contributed by atoms with Crippen molar-refractivity contribution in [3.05, 3.63) is 0 Å². The van der Waals surface area contributed by atoms with Crippen molar-refractivity contribution in [1.29, 1.82) is 0 Å². The van der Waals surface area contributed by atoms with Crippen molar-refractivity contribution in [3.63, 3.8) is 0 Å². The highest BCUT2D eigenvalue weighted by molar-refractivity contribution is 5.71. The SMILES string of the molecule is CN1CC[C@@H](O)[C@H](C(=O)O)C1.CN1CC[C@H](O)[C@@H](C(=O)O)C1.O.O. The van der Waals surface area contributed by atoms with Gasteiger partial charge in [-0.2, -0.15) is 0 Å². The Morgan fingerprint density at radius 3 is 1.29 bits per heavy atom. The number of hydrogen-bond acceptors (Lipinski definition) is 6. The fourth-order valence-electron chi connectivity index (χ4n) is 2.69. The van der Waals surface area contributed by atoms with Gasteiger partial charge in [-0.25, -0.2) is 0 Å². The summed E-state index contributed by atoms with van der Waals surface area (Å²) in [6.07, 6.45) is -0.201. The van der Waals surface area contributed by atoms with Gasteiger partial charge in [0.2, 0.25) is 0 Å². The average molecular weight is 354 g/mol. The van der Waals surface area contributed by atoms with Crippen LogP contribution >= 0.6 is 0 Å². The maximum Gasteiger partial charge on any atom is 0.310 e. The summed E-state index contributed by atoms with van der Waals surface area (Å²) in [4.78, 5) is 24.9. The Morgan fingerprint density at radius 2 is 1.08 bits per heavy atom. The highest BCUT2D eigenvalue weighted by atomic mass is 16.4. The molecule has 2 heterocycles. The van der Waals surface area contributed by atoms with Gasteiger partial charge in [-0.1, -0.05) is 0 Å². The number of nitrogens with zero attached hydrogens (tertiary/aromatic N) is 2. The first-order valence-electron chi connectivity index (χ1n) is 7.41. The summed E-state index contributed by atoms with van der Waals surface area (Å²) in [5.74, 6) is -3.00. The van der Waals surface area contributed by atoms with Crippen molar-refractivity contribution >= 4 is 11.9 Å². The molecule has 0 aromatic heterocycles. The van der Waals surface area contributed by atoms with Gasteiger partial charge in [0.05, 0.1) is 24.0 Å². The Morgan fingerprint density at radius 1 is 0.792 bits per heavy atom. The van der Waals surface area contributed by atoms with E-state index in [4.69, 9.17) is 10.2 Å². The number of hydrogen-bond donors (Lipinski definition) is 4. The molecule has 0 amide bonds. The van der Waals surface area contributed by atoms with Crippen molar-refractivity contribution in [1.82, 2.24) is 9.80 Å². The standard InChI is InChI=1S/2C7H13NO3.2H2O/c2*1-8-3-2-6(9)5(4-8)7(10)11;;/h2*5-6,9H,2-4H2,1H3,(H,10,11);2*1H2/t2*5-,6-;;/m10../s1. The largest absolute Gasteiger partial charge is 0.481 e. The molecular weight excluding hydrogens is 324 g/mol. The third-order valence-electron chi connectivity index (χ3n) is 4.19. The highest BCUT2D eigenvalue weighted by Crippen LogP contribution is 2.16. The van der Waals surface area contributed by atoms with Gasteiger partial charge in [0.15, 0.2) is 0 Å². The zero-order valence-corrected chi connectivity index (χ0v) is 14.1. The number of piperidine rings is 2. The van der Waals surface area contributed by atoms with E-state index in [1.807, 2.05) is 23.9 Å². The summed E-state index contributed by atoms with van der Waals surface area (Å²) in [6, 6.07) is 0. The van der Waals surface area contributed by atoms with E-state index in [1.54, 1.807) is 0 Å². The van der Waals surface area contributed by atoms with E-state index < -0.39 is 36.0 Å². The minimum absolute atomic E-state index is 0. The lowest BCUT2D eigenvalue weighted by Crippen LogP contribution is -2.44. The van der Waals surface area contributed by atoms with E-state index in [0.717, 1.165) is 13.1 Å². The van der Waals surface area contributed by atoms with Crippen molar-refractivity contribution in [3.8, 4) is 0 Å². The Bertz CT molecular complexity index is 359. The Balaban J connectivity index is 0. The molecular formula is C14H30N2O8. The first kappa shape index (κ1) is 24.9. The van der Waals surface area contributed by atoms with Gasteiger partial charge in [0.1, 0.15) is 0 Å². The van der Waals surface area contributed by atoms with Crippen LogP contribution in [0.3, 0.4) is 0 Å². The Kier molecular flexibility index (Phi) is 11.7. The molecule has 2 fully saturated rings. The lowest BCUT2D eigenvalue weighted by molar-refractivity contribution is -0.149. The minimum Gasteiger partial charge on any atom is -0.481 e. The second kappa shape index (κ2) is 11.3. The van der Waals surface area contributed by atoms with Crippen molar-refractivity contribution in [2.75, 3.05) is 40.3 Å². The van der Waals surface area contributed by atoms with Crippen LogP contribution in [0.25, 0.3) is 0 Å². The molecule has 2 saturated heterocycles. The van der Waals surface area contributed by atoms with E-state index in [2.05, 4.69) is 0 Å². The molecule has 2 aliphatic heterocycles. The quantitative estimate of drug-likeness (QED) is 0.407. The fourth-order valence-corrected chi connectivity index (χ4v) is 2.69. The molecule has 0 unspecified atom stereocenters. The van der Waals surface area contributed by atoms with E-state index in [9.17, 15) is 19.8 Å². The molecule has 144 valence electrons. The molecule has 24 heavy (non-hydrogen) atoms. The maximum atomic E-state index is 10.5. The van der Waals surface area contributed by atoms with Gasteiger partial charge in [0.25, 0.3) is 0 Å². The number of aliphatic hydroxyl groups excluding tert-OH is 2. The first-order chi connectivity index (χ1) is 10.2. The average Bonchev–Trinajstić information content (AvgIpc) is 2.44. The molecule has 10 heteroatoms. The van der Waals surface area contributed by atoms with Gasteiger partial charge in [-0.15, -0.1) is 0 Å². The first-order valence-corrected chi connectivity index (χ1v) is 7.41. The molecule has 0 spiro atoms. The number of aliphatic hydroxyl groups is 2. The number of likely N-dealkylation sites (tertiary alicyclic amines) is 2. The van der Waals surface area contributed by atoms with Crippen molar-refractivity contribution in [2.45, 2.75) is 25.0 Å². The van der Waals surface area contributed by atoms with Gasteiger partial charge >= 0.3 is 11.9 Å². The molecule has 0 bridgehead atoms. The molecule has 10 nitrogen and oxygen atoms in total. The van der Waals surface area contributed by atoms with Crippen molar-refractivity contribution in [2.24, 2.45) is 11.8 Å². The molecule has 0 radical (unpaired) electrons. The predicted octanol–water partition coefficient (Wildman–Crippen LogP) is -2.88. The van der Waals surface area contributed by atoms with E-state index in [-0.39, 0.29) is 11.0 Å². The van der Waals surface area contributed by atoms with Crippen LogP contribution in [0.15, 0.2) is 0 Å². The zero-order chi connectivity index (χ0) is 16.9. The smallest absolute Gasteiger partial charge is 0.310 e. The highest BCUT2D eigenvalue weighted by Gasteiger charge is 2.32. The maximum absolute atomic E-state index is 10.5. The monoisotopic (exact) mass is 354 g/mol. The molecule has 4 atom stereocenters. The van der Waals surface area contributed by atoms with Gasteiger partial charge in [-0.05, 0) is 26.9 Å². The number of carboxylic acids is 2. The number of aliphatic carboxylic acids is 2. The zero-order valence-electron chi connectivity index (χ0n) is 14.1. The molecule has 0 aromatic rings. The van der Waals surface area contributed by atoms with E-state index >= 15 is 0 Å². The molecule has 0 aliphatic carbocycles. The normalized spacial score (nSPS) is 30.8. The fraction of sp³-hybridized carbons (Fsp3) is 0.857. The van der Waals surface area contributed by atoms with Crippen LogP contribution < -0.4 is 0 Å². The summed E-state index contributed by atoms with van der Waals surface area (Å²) in [5, 5.41) is 35.8. The van der Waals surface area contributed by atoms with E-state index in [0.29, 0.717) is 25.9 Å². The van der Waals surface area contributed by atoms with Crippen LogP contribution in [0.1, 0.15) is 12.8 Å². The third kappa shape index (κ3) is 7.51. The predicted molar refractivity (Wildman–Crippen MR) is 85.7 cm³/mol. The number of rotatable bonds is 2. The molecule has 8 N–H and O–H groups in total.